The van der Waals surface area contributed by atoms with Gasteiger partial charge in [0.1, 0.15) is 0 Å². The van der Waals surface area contributed by atoms with Crippen LogP contribution in [0.3, 0.4) is 0 Å². The van der Waals surface area contributed by atoms with Crippen LogP contribution < -0.4 is 10.6 Å². The minimum Gasteiger partial charge on any atom is -0.380 e. The number of allylic oxidation sites excluding steroid dienone is 1. The second kappa shape index (κ2) is 7.32. The maximum Gasteiger partial charge on any atom is 0.270 e. The van der Waals surface area contributed by atoms with Gasteiger partial charge in [-0.3, -0.25) is 4.79 Å². The average Bonchev–Trinajstić information content (AvgIpc) is 3.25. The maximum absolute atomic E-state index is 13.3. The van der Waals surface area contributed by atoms with Gasteiger partial charge in [0, 0.05) is 29.8 Å². The molecule has 2 atom stereocenters. The first kappa shape index (κ1) is 18.4. The molecular weight excluding hydrogens is 310 g/mol. The standard InChI is InChI=1S/C19H26F2N2O/c1-5-15-16(6-2)18(15)12(3)22-11-17(24)23-14-9-7-8-13(10-14)19(4,20)21/h7-10,15-16,18,22H,3,5-6,11H2,1-2,4H3,(H,23,24). The quantitative estimate of drug-likeness (QED) is 0.733. The number of alkyl halides is 2. The fourth-order valence-electron chi connectivity index (χ4n) is 3.46. The molecule has 1 fully saturated rings. The van der Waals surface area contributed by atoms with E-state index in [1.807, 2.05) is 0 Å². The molecule has 0 heterocycles. The molecule has 0 spiro atoms. The molecule has 2 unspecified atom stereocenters. The predicted molar refractivity (Wildman–Crippen MR) is 92.8 cm³/mol. The second-order valence-corrected chi connectivity index (χ2v) is 6.57. The van der Waals surface area contributed by atoms with E-state index in [9.17, 15) is 13.6 Å². The molecule has 1 aliphatic carbocycles. The number of hydrogen-bond donors (Lipinski definition) is 2. The van der Waals surface area contributed by atoms with Crippen molar-refractivity contribution in [1.82, 2.24) is 5.32 Å². The zero-order valence-electron chi connectivity index (χ0n) is 14.5. The Hall–Kier alpha value is -1.91. The highest BCUT2D eigenvalue weighted by atomic mass is 19.3. The minimum absolute atomic E-state index is 0.0922. The van der Waals surface area contributed by atoms with Crippen molar-refractivity contribution in [3.8, 4) is 0 Å². The van der Waals surface area contributed by atoms with Gasteiger partial charge in [-0.2, -0.15) is 0 Å². The van der Waals surface area contributed by atoms with Gasteiger partial charge in [-0.25, -0.2) is 8.78 Å². The lowest BCUT2D eigenvalue weighted by Crippen LogP contribution is -2.28. The van der Waals surface area contributed by atoms with Crippen LogP contribution >= 0.6 is 0 Å². The van der Waals surface area contributed by atoms with E-state index in [2.05, 4.69) is 31.1 Å². The van der Waals surface area contributed by atoms with Crippen LogP contribution in [0.1, 0.15) is 39.2 Å². The molecule has 1 aromatic carbocycles. The highest BCUT2D eigenvalue weighted by Crippen LogP contribution is 2.53. The zero-order chi connectivity index (χ0) is 17.9. The summed E-state index contributed by atoms with van der Waals surface area (Å²) in [7, 11) is 0. The molecule has 1 aliphatic rings. The van der Waals surface area contributed by atoms with Gasteiger partial charge >= 0.3 is 0 Å². The lowest BCUT2D eigenvalue weighted by atomic mass is 10.1. The van der Waals surface area contributed by atoms with Crippen LogP contribution in [0.5, 0.6) is 0 Å². The van der Waals surface area contributed by atoms with Crippen LogP contribution in [0, 0.1) is 17.8 Å². The van der Waals surface area contributed by atoms with Crippen molar-refractivity contribution < 1.29 is 13.6 Å². The van der Waals surface area contributed by atoms with Gasteiger partial charge in [-0.05, 0) is 24.0 Å². The third-order valence-electron chi connectivity index (χ3n) is 4.81. The smallest absolute Gasteiger partial charge is 0.270 e. The number of hydrogen-bond acceptors (Lipinski definition) is 2. The molecule has 0 radical (unpaired) electrons. The van der Waals surface area contributed by atoms with Crippen molar-refractivity contribution in [2.24, 2.45) is 17.8 Å². The van der Waals surface area contributed by atoms with Crippen LogP contribution in [-0.4, -0.2) is 12.5 Å². The molecule has 1 aromatic rings. The van der Waals surface area contributed by atoms with Crippen molar-refractivity contribution in [3.63, 3.8) is 0 Å². The van der Waals surface area contributed by atoms with Gasteiger partial charge < -0.3 is 10.6 Å². The number of anilines is 1. The fraction of sp³-hybridized carbons (Fsp3) is 0.526. The molecule has 5 heteroatoms. The summed E-state index contributed by atoms with van der Waals surface area (Å²) < 4.78 is 26.7. The van der Waals surface area contributed by atoms with E-state index < -0.39 is 5.92 Å². The summed E-state index contributed by atoms with van der Waals surface area (Å²) in [6, 6.07) is 5.76. The van der Waals surface area contributed by atoms with E-state index in [4.69, 9.17) is 0 Å². The summed E-state index contributed by atoms with van der Waals surface area (Å²) in [5, 5.41) is 5.73. The number of carbonyl (C=O) groups is 1. The van der Waals surface area contributed by atoms with Crippen molar-refractivity contribution in [1.29, 1.82) is 0 Å². The summed E-state index contributed by atoms with van der Waals surface area (Å²) in [5.41, 5.74) is 1.15. The van der Waals surface area contributed by atoms with Gasteiger partial charge in [0.2, 0.25) is 5.91 Å². The third kappa shape index (κ3) is 4.34. The van der Waals surface area contributed by atoms with E-state index in [1.54, 1.807) is 6.07 Å². The Morgan fingerprint density at radius 2 is 1.88 bits per heavy atom. The zero-order valence-corrected chi connectivity index (χ0v) is 14.5. The van der Waals surface area contributed by atoms with Gasteiger partial charge in [0.15, 0.2) is 0 Å². The van der Waals surface area contributed by atoms with Gasteiger partial charge in [-0.15, -0.1) is 0 Å². The number of rotatable bonds is 8. The molecule has 3 nitrogen and oxygen atoms in total. The van der Waals surface area contributed by atoms with Crippen molar-refractivity contribution in [2.45, 2.75) is 39.5 Å². The van der Waals surface area contributed by atoms with E-state index >= 15 is 0 Å². The van der Waals surface area contributed by atoms with Gasteiger partial charge in [0.25, 0.3) is 5.92 Å². The Bertz CT molecular complexity index is 600. The van der Waals surface area contributed by atoms with E-state index in [1.165, 1.54) is 18.2 Å². The molecule has 0 bridgehead atoms. The summed E-state index contributed by atoms with van der Waals surface area (Å²) in [5.74, 6) is -1.45. The molecule has 0 aliphatic heterocycles. The normalized spacial score (nSPS) is 22.8. The molecule has 1 amide bonds. The van der Waals surface area contributed by atoms with E-state index in [0.717, 1.165) is 25.5 Å². The molecule has 1 saturated carbocycles. The fourth-order valence-corrected chi connectivity index (χ4v) is 3.46. The molecule has 24 heavy (non-hydrogen) atoms. The SMILES string of the molecule is C=C(NCC(=O)Nc1cccc(C(C)(F)F)c1)C1C(CC)C1CC. The molecular formula is C19H26F2N2O. The van der Waals surface area contributed by atoms with Gasteiger partial charge in [0.05, 0.1) is 6.54 Å². The lowest BCUT2D eigenvalue weighted by Gasteiger charge is -2.13. The first-order chi connectivity index (χ1) is 11.3. The Kier molecular flexibility index (Phi) is 5.62. The van der Waals surface area contributed by atoms with Crippen LogP contribution in [0.25, 0.3) is 0 Å². The van der Waals surface area contributed by atoms with Crippen molar-refractivity contribution >= 4 is 11.6 Å². The second-order valence-electron chi connectivity index (χ2n) is 6.57. The summed E-state index contributed by atoms with van der Waals surface area (Å²) in [6.45, 7) is 9.32. The topological polar surface area (TPSA) is 41.1 Å². The lowest BCUT2D eigenvalue weighted by molar-refractivity contribution is -0.115. The molecule has 2 rings (SSSR count). The number of nitrogens with one attached hydrogen (secondary N) is 2. The number of amides is 1. The molecule has 0 saturated heterocycles. The highest BCUT2D eigenvalue weighted by Gasteiger charge is 2.48. The first-order valence-corrected chi connectivity index (χ1v) is 8.48. The molecule has 0 aromatic heterocycles. The number of halogens is 2. The molecule has 2 N–H and O–H groups in total. The van der Waals surface area contributed by atoms with Crippen LogP contribution in [-0.2, 0) is 10.7 Å². The highest BCUT2D eigenvalue weighted by molar-refractivity contribution is 5.92. The summed E-state index contributed by atoms with van der Waals surface area (Å²) in [6.07, 6.45) is 2.24. The summed E-state index contributed by atoms with van der Waals surface area (Å²) >= 11 is 0. The largest absolute Gasteiger partial charge is 0.380 e. The van der Waals surface area contributed by atoms with E-state index in [-0.39, 0.29) is 18.0 Å². The first-order valence-electron chi connectivity index (χ1n) is 8.48. The molecule has 132 valence electrons. The van der Waals surface area contributed by atoms with E-state index in [0.29, 0.717) is 23.4 Å². The predicted octanol–water partition coefficient (Wildman–Crippen LogP) is 4.52. The Morgan fingerprint density at radius 3 is 2.42 bits per heavy atom. The Morgan fingerprint density at radius 1 is 1.25 bits per heavy atom. The minimum atomic E-state index is -2.93. The van der Waals surface area contributed by atoms with Crippen LogP contribution in [0.4, 0.5) is 14.5 Å². The van der Waals surface area contributed by atoms with Crippen LogP contribution in [0.15, 0.2) is 36.5 Å². The van der Waals surface area contributed by atoms with Crippen molar-refractivity contribution in [3.05, 3.63) is 42.1 Å². The third-order valence-corrected chi connectivity index (χ3v) is 4.81. The van der Waals surface area contributed by atoms with Crippen molar-refractivity contribution in [2.75, 3.05) is 11.9 Å². The Labute approximate surface area is 142 Å². The number of carbonyl (C=O) groups excluding carboxylic acids is 1. The maximum atomic E-state index is 13.3. The monoisotopic (exact) mass is 336 g/mol. The number of benzene rings is 1. The summed E-state index contributed by atoms with van der Waals surface area (Å²) in [4.78, 5) is 12.0. The van der Waals surface area contributed by atoms with Gasteiger partial charge in [-0.1, -0.05) is 45.4 Å². The van der Waals surface area contributed by atoms with Crippen LogP contribution in [0.2, 0.25) is 0 Å². The average molecular weight is 336 g/mol. The Balaban J connectivity index is 1.85.